The van der Waals surface area contributed by atoms with Crippen molar-refractivity contribution in [1.29, 1.82) is 0 Å². The lowest BCUT2D eigenvalue weighted by Gasteiger charge is -2.50. The number of fused-ring (bicyclic) bond motifs is 6. The largest absolute Gasteiger partial charge is 0.307 e. The van der Waals surface area contributed by atoms with Gasteiger partial charge in [0.1, 0.15) is 0 Å². The van der Waals surface area contributed by atoms with Crippen LogP contribution in [0.5, 0.6) is 0 Å². The first kappa shape index (κ1) is 33.8. The van der Waals surface area contributed by atoms with Gasteiger partial charge in [0.05, 0.1) is 11.4 Å². The summed E-state index contributed by atoms with van der Waals surface area (Å²) >= 11 is 0. The van der Waals surface area contributed by atoms with Crippen LogP contribution in [-0.2, 0) is 0 Å². The van der Waals surface area contributed by atoms with Gasteiger partial charge in [-0.3, -0.25) is 14.9 Å². The lowest BCUT2D eigenvalue weighted by molar-refractivity contribution is 0.00715. The first-order valence-electron chi connectivity index (χ1n) is 16.9. The number of aromatic nitrogens is 2. The van der Waals surface area contributed by atoms with E-state index < -0.39 is 0 Å². The molecule has 4 bridgehead atoms. The average Bonchev–Trinajstić information content (AvgIpc) is 3.10. The summed E-state index contributed by atoms with van der Waals surface area (Å²) in [6.07, 6.45) is 21.5. The smallest absolute Gasteiger partial charge is 0.0702 e. The monoisotopic (exact) mass is 592 g/mol. The maximum absolute atomic E-state index is 4.72. The number of nitrogens with zero attached hydrogens (tertiary/aromatic N) is 3. The number of benzene rings is 1. The zero-order chi connectivity index (χ0) is 30.2. The molecule has 4 nitrogen and oxygen atoms in total. The Hall–Kier alpha value is -3.08. The summed E-state index contributed by atoms with van der Waals surface area (Å²) in [6.45, 7) is 8.12. The van der Waals surface area contributed by atoms with Crippen molar-refractivity contribution in [2.75, 3.05) is 7.05 Å². The molecule has 6 fully saturated rings. The van der Waals surface area contributed by atoms with Crippen molar-refractivity contribution >= 4 is 5.57 Å². The van der Waals surface area contributed by atoms with Gasteiger partial charge < -0.3 is 5.32 Å². The zero-order valence-corrected chi connectivity index (χ0v) is 27.0. The second-order valence-corrected chi connectivity index (χ2v) is 12.5. The molecule has 2 atom stereocenters. The topological polar surface area (TPSA) is 41.1 Å². The van der Waals surface area contributed by atoms with Crippen LogP contribution in [0.4, 0.5) is 0 Å². The fourth-order valence-electron chi connectivity index (χ4n) is 7.90. The molecule has 0 amide bonds. The lowest BCUT2D eigenvalue weighted by atomic mass is 9.73. The number of rotatable bonds is 5. The molecular formula is C40H56N4. The SMILES string of the molecule is C.C/C=C\C(=C/C)c1ccc(C2C3CCC(CC3)N2C)cn1.CC.c1ccc(-c2ccc(C3NC4CCC3CC4)cn2)cc1. The van der Waals surface area contributed by atoms with E-state index in [0.717, 1.165) is 35.3 Å². The first-order valence-corrected chi connectivity index (χ1v) is 16.9. The maximum Gasteiger partial charge on any atom is 0.0702 e. The van der Waals surface area contributed by atoms with Crippen molar-refractivity contribution in [2.45, 2.75) is 111 Å². The Morgan fingerprint density at radius 3 is 1.95 bits per heavy atom. The average molecular weight is 593 g/mol. The number of hydrogen-bond acceptors (Lipinski definition) is 4. The van der Waals surface area contributed by atoms with Crippen LogP contribution in [0.25, 0.3) is 16.8 Å². The Bertz CT molecular complexity index is 1310. The molecule has 0 spiro atoms. The highest BCUT2D eigenvalue weighted by molar-refractivity contribution is 5.71. The van der Waals surface area contributed by atoms with Crippen LogP contribution in [0.3, 0.4) is 0 Å². The quantitative estimate of drug-likeness (QED) is 0.299. The van der Waals surface area contributed by atoms with E-state index in [2.05, 4.69) is 108 Å². The molecule has 1 aromatic carbocycles. The number of nitrogens with one attached hydrogen (secondary N) is 1. The highest BCUT2D eigenvalue weighted by atomic mass is 15.2. The van der Waals surface area contributed by atoms with Gasteiger partial charge in [0, 0.05) is 42.1 Å². The van der Waals surface area contributed by atoms with Gasteiger partial charge in [-0.25, -0.2) is 0 Å². The lowest BCUT2D eigenvalue weighted by Crippen LogP contribution is -2.47. The predicted octanol–water partition coefficient (Wildman–Crippen LogP) is 10.2. The molecule has 44 heavy (non-hydrogen) atoms. The summed E-state index contributed by atoms with van der Waals surface area (Å²) in [5.74, 6) is 1.63. The number of pyridine rings is 2. The fraction of sp³-hybridized carbons (Fsp3) is 0.500. The molecule has 0 radical (unpaired) electrons. The number of piperidine rings is 4. The summed E-state index contributed by atoms with van der Waals surface area (Å²) in [5.41, 5.74) is 7.28. The van der Waals surface area contributed by atoms with Gasteiger partial charge in [-0.15, -0.1) is 0 Å². The third kappa shape index (κ3) is 7.58. The van der Waals surface area contributed by atoms with Gasteiger partial charge >= 0.3 is 0 Å². The molecule has 4 heteroatoms. The van der Waals surface area contributed by atoms with E-state index in [1.165, 1.54) is 73.6 Å². The molecule has 3 aromatic rings. The van der Waals surface area contributed by atoms with Gasteiger partial charge in [0.25, 0.3) is 0 Å². The van der Waals surface area contributed by atoms with Crippen LogP contribution in [0.15, 0.2) is 85.2 Å². The first-order chi connectivity index (χ1) is 21.1. The van der Waals surface area contributed by atoms with E-state index >= 15 is 0 Å². The molecule has 9 rings (SSSR count). The Labute approximate surface area is 268 Å². The molecular weight excluding hydrogens is 536 g/mol. The molecule has 4 aliphatic heterocycles. The van der Waals surface area contributed by atoms with Gasteiger partial charge in [0.2, 0.25) is 0 Å². The summed E-state index contributed by atoms with van der Waals surface area (Å²) in [5, 5.41) is 3.79. The molecule has 236 valence electrons. The minimum absolute atomic E-state index is 0. The molecule has 6 aliphatic rings. The summed E-state index contributed by atoms with van der Waals surface area (Å²) in [7, 11) is 2.30. The van der Waals surface area contributed by atoms with Gasteiger partial charge in [-0.05, 0) is 113 Å². The number of hydrogen-bond donors (Lipinski definition) is 1. The van der Waals surface area contributed by atoms with Crippen molar-refractivity contribution in [3.05, 3.63) is 102 Å². The van der Waals surface area contributed by atoms with Gasteiger partial charge in [-0.1, -0.05) is 82.0 Å². The molecule has 6 heterocycles. The molecule has 4 saturated heterocycles. The Morgan fingerprint density at radius 2 is 1.43 bits per heavy atom. The van der Waals surface area contributed by atoms with E-state index in [0.29, 0.717) is 12.1 Å². The second kappa shape index (κ2) is 16.3. The van der Waals surface area contributed by atoms with E-state index in [1.54, 1.807) is 0 Å². The summed E-state index contributed by atoms with van der Waals surface area (Å²) in [6, 6.07) is 21.9. The van der Waals surface area contributed by atoms with Crippen LogP contribution in [-0.4, -0.2) is 34.0 Å². The van der Waals surface area contributed by atoms with Crippen molar-refractivity contribution in [3.8, 4) is 11.3 Å². The molecule has 2 unspecified atom stereocenters. The van der Waals surface area contributed by atoms with Crippen LogP contribution < -0.4 is 5.32 Å². The van der Waals surface area contributed by atoms with Crippen LogP contribution in [0.1, 0.15) is 115 Å². The van der Waals surface area contributed by atoms with E-state index in [9.17, 15) is 0 Å². The maximum atomic E-state index is 4.72. The van der Waals surface area contributed by atoms with Gasteiger partial charge in [-0.2, -0.15) is 0 Å². The van der Waals surface area contributed by atoms with Crippen LogP contribution >= 0.6 is 0 Å². The van der Waals surface area contributed by atoms with Crippen molar-refractivity contribution in [2.24, 2.45) is 11.8 Å². The minimum atomic E-state index is 0. The standard InChI is InChI=1S/C19H26N2.C18H20N2.C2H6.CH4/c1-4-6-14(5-2)18-12-9-16(13-20-18)19-15-7-10-17(11-8-15)21(19)3;1-2-4-13(5-3-1)17-11-8-15(12-19-17)18-14-6-9-16(20-18)10-7-14;1-2;/h4-6,9,12-13,15,17,19H,7-8,10-11H2,1-3H3;1-5,8,11-12,14,16,18,20H,6-7,9-10H2;1-2H3;1H4/b6-4-,14-5+;;;. The summed E-state index contributed by atoms with van der Waals surface area (Å²) in [4.78, 5) is 12.0. The van der Waals surface area contributed by atoms with Crippen molar-refractivity contribution < 1.29 is 0 Å². The van der Waals surface area contributed by atoms with E-state index in [1.807, 2.05) is 26.8 Å². The van der Waals surface area contributed by atoms with Gasteiger partial charge in [0.15, 0.2) is 0 Å². The highest BCUT2D eigenvalue weighted by Crippen LogP contribution is 2.46. The third-order valence-corrected chi connectivity index (χ3v) is 10.2. The Kier molecular flexibility index (Phi) is 12.5. The predicted molar refractivity (Wildman–Crippen MR) is 188 cm³/mol. The Balaban J connectivity index is 0.000000186. The van der Waals surface area contributed by atoms with Crippen LogP contribution in [0.2, 0.25) is 0 Å². The normalized spacial score (nSPS) is 27.5. The molecule has 2 aliphatic carbocycles. The molecule has 1 N–H and O–H groups in total. The minimum Gasteiger partial charge on any atom is -0.307 e. The molecule has 2 saturated carbocycles. The fourth-order valence-corrected chi connectivity index (χ4v) is 7.90. The van der Waals surface area contributed by atoms with E-state index in [-0.39, 0.29) is 7.43 Å². The molecule has 2 aromatic heterocycles. The highest BCUT2D eigenvalue weighted by Gasteiger charge is 2.40. The number of allylic oxidation sites excluding steroid dienone is 4. The van der Waals surface area contributed by atoms with E-state index in [4.69, 9.17) is 4.98 Å². The Morgan fingerprint density at radius 1 is 0.773 bits per heavy atom. The van der Waals surface area contributed by atoms with Crippen LogP contribution in [0, 0.1) is 11.8 Å². The van der Waals surface area contributed by atoms with Crippen molar-refractivity contribution in [3.63, 3.8) is 0 Å². The summed E-state index contributed by atoms with van der Waals surface area (Å²) < 4.78 is 0. The zero-order valence-electron chi connectivity index (χ0n) is 27.0. The van der Waals surface area contributed by atoms with Crippen molar-refractivity contribution in [1.82, 2.24) is 20.2 Å². The third-order valence-electron chi connectivity index (χ3n) is 10.2. The second-order valence-electron chi connectivity index (χ2n) is 12.5.